The Bertz CT molecular complexity index is 1210. The number of piperidine rings is 1. The molecule has 0 spiro atoms. The Morgan fingerprint density at radius 2 is 2.11 bits per heavy atom. The zero-order valence-corrected chi connectivity index (χ0v) is 21.5. The number of aliphatic hydroxyl groups excluding tert-OH is 1. The standard InChI is InChI=1S/C28H34BF2N3O3/c1-17(36)33-11-9-19-14-18(4-3-13-35)5-7-21(19)27-25(29)26(34-37-27)22-16-32-12-10-28(22,2)20-6-8-23(30)24(31)15-20/h6,8,14-15,22,32,35H,3-5,7,9-13,16H2,1-2H3,(H,33,36). The minimum atomic E-state index is -0.872. The van der Waals surface area contributed by atoms with E-state index in [0.29, 0.717) is 54.8 Å². The van der Waals surface area contributed by atoms with Crippen LogP contribution < -0.4 is 16.1 Å². The molecule has 9 heteroatoms. The normalized spacial score (nSPS) is 22.2. The van der Waals surface area contributed by atoms with E-state index in [1.807, 2.05) is 6.92 Å². The summed E-state index contributed by atoms with van der Waals surface area (Å²) in [7, 11) is 6.70. The van der Waals surface area contributed by atoms with Gasteiger partial charge in [0.15, 0.2) is 17.4 Å². The average molecular weight is 509 g/mol. The van der Waals surface area contributed by atoms with E-state index in [0.717, 1.165) is 37.0 Å². The molecule has 1 amide bonds. The second-order valence-electron chi connectivity index (χ2n) is 10.2. The molecule has 1 aromatic carbocycles. The van der Waals surface area contributed by atoms with Crippen molar-refractivity contribution in [2.24, 2.45) is 0 Å². The first kappa shape index (κ1) is 27.3. The van der Waals surface area contributed by atoms with Gasteiger partial charge >= 0.3 is 0 Å². The van der Waals surface area contributed by atoms with Crippen molar-refractivity contribution in [3.05, 3.63) is 64.1 Å². The van der Waals surface area contributed by atoms with Crippen molar-refractivity contribution in [1.29, 1.82) is 0 Å². The van der Waals surface area contributed by atoms with Crippen molar-refractivity contribution in [3.8, 4) is 0 Å². The maximum absolute atomic E-state index is 14.2. The van der Waals surface area contributed by atoms with Crippen LogP contribution in [0, 0.1) is 11.6 Å². The molecule has 1 aliphatic heterocycles. The van der Waals surface area contributed by atoms with Gasteiger partial charge in [0.05, 0.1) is 5.69 Å². The van der Waals surface area contributed by atoms with Crippen molar-refractivity contribution < 1.29 is 23.2 Å². The second kappa shape index (κ2) is 11.7. The maximum Gasteiger partial charge on any atom is 0.216 e. The number of benzene rings is 1. The van der Waals surface area contributed by atoms with Crippen molar-refractivity contribution in [3.63, 3.8) is 0 Å². The lowest BCUT2D eigenvalue weighted by atomic mass is 9.64. The van der Waals surface area contributed by atoms with Crippen LogP contribution in [0.15, 0.2) is 39.9 Å². The van der Waals surface area contributed by atoms with Crippen molar-refractivity contribution in [1.82, 2.24) is 15.8 Å². The molecule has 1 fully saturated rings. The largest absolute Gasteiger partial charge is 0.396 e. The molecule has 1 aliphatic carbocycles. The highest BCUT2D eigenvalue weighted by Gasteiger charge is 2.42. The Balaban J connectivity index is 1.70. The van der Waals surface area contributed by atoms with Gasteiger partial charge in [0.1, 0.15) is 7.85 Å². The van der Waals surface area contributed by atoms with Crippen molar-refractivity contribution >= 4 is 24.8 Å². The molecule has 4 rings (SSSR count). The minimum absolute atomic E-state index is 0.0924. The van der Waals surface area contributed by atoms with E-state index in [2.05, 4.69) is 21.9 Å². The summed E-state index contributed by atoms with van der Waals surface area (Å²) in [5.41, 5.74) is 4.50. The predicted molar refractivity (Wildman–Crippen MR) is 140 cm³/mol. The van der Waals surface area contributed by atoms with Crippen LogP contribution in [0.1, 0.15) is 75.3 Å². The molecule has 2 atom stereocenters. The molecule has 2 aliphatic rings. The van der Waals surface area contributed by atoms with Crippen molar-refractivity contribution in [2.75, 3.05) is 26.2 Å². The number of hydrogen-bond donors (Lipinski definition) is 3. The molecule has 196 valence electrons. The number of rotatable bonds is 9. The number of hydrogen-bond acceptors (Lipinski definition) is 5. The van der Waals surface area contributed by atoms with Crippen LogP contribution in [0.4, 0.5) is 8.78 Å². The van der Waals surface area contributed by atoms with Crippen LogP contribution in [0.5, 0.6) is 0 Å². The van der Waals surface area contributed by atoms with E-state index in [4.69, 9.17) is 12.4 Å². The molecule has 0 bridgehead atoms. The number of halogens is 2. The molecular weight excluding hydrogens is 475 g/mol. The number of nitrogens with zero attached hydrogens (tertiary/aromatic N) is 1. The van der Waals surface area contributed by atoms with Crippen LogP contribution >= 0.6 is 0 Å². The molecule has 2 radical (unpaired) electrons. The van der Waals surface area contributed by atoms with Gasteiger partial charge in [0.2, 0.25) is 5.91 Å². The van der Waals surface area contributed by atoms with E-state index >= 15 is 0 Å². The Morgan fingerprint density at radius 3 is 2.84 bits per heavy atom. The highest BCUT2D eigenvalue weighted by molar-refractivity contribution is 6.35. The molecule has 2 aromatic rings. The first-order valence-corrected chi connectivity index (χ1v) is 12.9. The summed E-state index contributed by atoms with van der Waals surface area (Å²) >= 11 is 0. The summed E-state index contributed by atoms with van der Waals surface area (Å²) in [6.45, 7) is 5.45. The number of nitrogens with one attached hydrogen (secondary N) is 2. The zero-order valence-electron chi connectivity index (χ0n) is 21.5. The fourth-order valence-electron chi connectivity index (χ4n) is 5.58. The van der Waals surface area contributed by atoms with Gasteiger partial charge in [0.25, 0.3) is 0 Å². The topological polar surface area (TPSA) is 87.4 Å². The minimum Gasteiger partial charge on any atom is -0.396 e. The van der Waals surface area contributed by atoms with Crippen LogP contribution in [-0.2, 0) is 10.2 Å². The summed E-state index contributed by atoms with van der Waals surface area (Å²) in [6.07, 6.45) is 6.50. The van der Waals surface area contributed by atoms with Gasteiger partial charge in [-0.2, -0.15) is 0 Å². The van der Waals surface area contributed by atoms with Crippen LogP contribution in [-0.4, -0.2) is 50.3 Å². The third-order valence-electron chi connectivity index (χ3n) is 7.76. The highest BCUT2D eigenvalue weighted by atomic mass is 19.2. The summed E-state index contributed by atoms with van der Waals surface area (Å²) in [6, 6.07) is 4.07. The van der Waals surface area contributed by atoms with E-state index in [-0.39, 0.29) is 18.4 Å². The first-order valence-electron chi connectivity index (χ1n) is 12.9. The monoisotopic (exact) mass is 509 g/mol. The molecule has 2 heterocycles. The van der Waals surface area contributed by atoms with Gasteiger partial charge in [-0.25, -0.2) is 8.78 Å². The predicted octanol–water partition coefficient (Wildman–Crippen LogP) is 3.55. The maximum atomic E-state index is 14.2. The zero-order chi connectivity index (χ0) is 26.6. The molecule has 2 unspecified atom stereocenters. The first-order chi connectivity index (χ1) is 17.7. The number of allylic oxidation sites excluding steroid dienone is 3. The van der Waals surface area contributed by atoms with Crippen LogP contribution in [0.2, 0.25) is 0 Å². The molecule has 0 saturated carbocycles. The van der Waals surface area contributed by atoms with E-state index in [1.165, 1.54) is 24.6 Å². The van der Waals surface area contributed by atoms with Gasteiger partial charge in [-0.15, -0.1) is 0 Å². The number of amides is 1. The molecular formula is C28H34BF2N3O3. The Labute approximate surface area is 218 Å². The Hall–Kier alpha value is -2.78. The van der Waals surface area contributed by atoms with Gasteiger partial charge in [-0.3, -0.25) is 4.79 Å². The fourth-order valence-corrected chi connectivity index (χ4v) is 5.58. The molecule has 3 N–H and O–H groups in total. The third-order valence-corrected chi connectivity index (χ3v) is 7.76. The van der Waals surface area contributed by atoms with Gasteiger partial charge < -0.3 is 20.3 Å². The SMILES string of the molecule is [B]c1c(C2CNCCC2(C)c2ccc(F)c(F)c2)noc1C1=C(CCNC(C)=O)C=C(CCCO)CC1. The summed E-state index contributed by atoms with van der Waals surface area (Å²) in [5, 5.41) is 19.9. The number of carbonyl (C=O) groups is 1. The van der Waals surface area contributed by atoms with Crippen LogP contribution in [0.25, 0.3) is 5.57 Å². The number of carbonyl (C=O) groups excluding carboxylic acids is 1. The lowest BCUT2D eigenvalue weighted by Crippen LogP contribution is -2.46. The molecule has 6 nitrogen and oxygen atoms in total. The quantitative estimate of drug-likeness (QED) is 0.451. The van der Waals surface area contributed by atoms with E-state index < -0.39 is 17.0 Å². The number of aliphatic hydroxyl groups is 1. The van der Waals surface area contributed by atoms with E-state index in [9.17, 15) is 18.7 Å². The molecule has 37 heavy (non-hydrogen) atoms. The number of aromatic nitrogens is 1. The van der Waals surface area contributed by atoms with E-state index in [1.54, 1.807) is 6.07 Å². The smallest absolute Gasteiger partial charge is 0.216 e. The summed E-state index contributed by atoms with van der Waals surface area (Å²) in [5.74, 6) is -1.51. The Morgan fingerprint density at radius 1 is 1.30 bits per heavy atom. The molecule has 1 saturated heterocycles. The van der Waals surface area contributed by atoms with Gasteiger partial charge in [-0.05, 0) is 73.8 Å². The van der Waals surface area contributed by atoms with Gasteiger partial charge in [0, 0.05) is 43.5 Å². The highest BCUT2D eigenvalue weighted by Crippen LogP contribution is 2.43. The molecule has 1 aromatic heterocycles. The Kier molecular flexibility index (Phi) is 8.65. The van der Waals surface area contributed by atoms with Gasteiger partial charge in [-0.1, -0.05) is 29.8 Å². The third kappa shape index (κ3) is 5.88. The lowest BCUT2D eigenvalue weighted by molar-refractivity contribution is -0.118. The fraction of sp³-hybridized carbons (Fsp3) is 0.500. The average Bonchev–Trinajstić information content (AvgIpc) is 3.25. The van der Waals surface area contributed by atoms with Crippen molar-refractivity contribution in [2.45, 2.75) is 63.7 Å². The summed E-state index contributed by atoms with van der Waals surface area (Å²) < 4.78 is 33.7. The van der Waals surface area contributed by atoms with Crippen LogP contribution in [0.3, 0.4) is 0 Å². The summed E-state index contributed by atoms with van der Waals surface area (Å²) in [4.78, 5) is 11.4. The second-order valence-corrected chi connectivity index (χ2v) is 10.2. The lowest BCUT2D eigenvalue weighted by Gasteiger charge is -2.42.